The molecule has 0 unspecified atom stereocenters. The molecule has 0 fully saturated rings. The molecule has 0 radical (unpaired) electrons. The van der Waals surface area contributed by atoms with E-state index in [1.54, 1.807) is 25.3 Å². The molecule has 0 aromatic heterocycles. The minimum Gasteiger partial charge on any atom is -0.497 e. The number of ether oxygens (including phenoxy) is 4. The lowest BCUT2D eigenvalue weighted by Gasteiger charge is -2.13. The van der Waals surface area contributed by atoms with Crippen molar-refractivity contribution in [2.24, 2.45) is 0 Å². The van der Waals surface area contributed by atoms with Crippen molar-refractivity contribution in [2.45, 2.75) is 6.54 Å². The molecule has 10 heteroatoms. The predicted molar refractivity (Wildman–Crippen MR) is 122 cm³/mol. The van der Waals surface area contributed by atoms with Gasteiger partial charge in [-0.15, -0.1) is 0 Å². The molecule has 172 valence electrons. The van der Waals surface area contributed by atoms with Crippen molar-refractivity contribution in [3.8, 4) is 28.7 Å². The molecule has 0 spiro atoms. The average Bonchev–Trinajstić information content (AvgIpc) is 2.83. The van der Waals surface area contributed by atoms with Gasteiger partial charge in [0, 0.05) is 34.8 Å². The first-order chi connectivity index (χ1) is 15.9. The van der Waals surface area contributed by atoms with Crippen LogP contribution < -0.4 is 24.3 Å². The predicted octanol–water partition coefficient (Wildman–Crippen LogP) is 5.00. The highest BCUT2D eigenvalue weighted by Crippen LogP contribution is 2.38. The van der Waals surface area contributed by atoms with Gasteiger partial charge in [0.2, 0.25) is 5.75 Å². The summed E-state index contributed by atoms with van der Waals surface area (Å²) >= 11 is 5.84. The van der Waals surface area contributed by atoms with Crippen LogP contribution in [0.1, 0.15) is 15.9 Å². The van der Waals surface area contributed by atoms with Gasteiger partial charge in [0.25, 0.3) is 5.91 Å². The Kier molecular flexibility index (Phi) is 7.57. The molecule has 0 atom stereocenters. The third-order valence-electron chi connectivity index (χ3n) is 4.70. The van der Waals surface area contributed by atoms with Crippen LogP contribution in [0.25, 0.3) is 0 Å². The molecule has 0 bridgehead atoms. The first-order valence-electron chi connectivity index (χ1n) is 9.65. The van der Waals surface area contributed by atoms with Crippen LogP contribution in [-0.4, -0.2) is 32.2 Å². The number of hydrogen-bond acceptors (Lipinski definition) is 7. The lowest BCUT2D eigenvalue weighted by atomic mass is 10.1. The van der Waals surface area contributed by atoms with E-state index in [1.165, 1.54) is 50.6 Å². The molecule has 33 heavy (non-hydrogen) atoms. The Bertz CT molecular complexity index is 1180. The summed E-state index contributed by atoms with van der Waals surface area (Å²) in [5.41, 5.74) is 0.797. The normalized spacial score (nSPS) is 10.3. The molecule has 3 aromatic rings. The van der Waals surface area contributed by atoms with Gasteiger partial charge in [0.1, 0.15) is 11.5 Å². The number of nitro groups is 1. The van der Waals surface area contributed by atoms with E-state index in [2.05, 4.69) is 5.32 Å². The number of benzene rings is 3. The lowest BCUT2D eigenvalue weighted by molar-refractivity contribution is -0.385. The fourth-order valence-electron chi connectivity index (χ4n) is 3.01. The second kappa shape index (κ2) is 10.6. The minimum absolute atomic E-state index is 0.00787. The number of rotatable bonds is 9. The van der Waals surface area contributed by atoms with E-state index < -0.39 is 4.92 Å². The highest BCUT2D eigenvalue weighted by Gasteiger charge is 2.19. The van der Waals surface area contributed by atoms with Crippen LogP contribution in [0.5, 0.6) is 28.7 Å². The van der Waals surface area contributed by atoms with Crippen LogP contribution in [0.2, 0.25) is 5.02 Å². The van der Waals surface area contributed by atoms with Crippen LogP contribution in [0.4, 0.5) is 5.69 Å². The van der Waals surface area contributed by atoms with E-state index in [0.717, 1.165) is 5.56 Å². The van der Waals surface area contributed by atoms with Gasteiger partial charge in [-0.2, -0.15) is 0 Å². The zero-order valence-corrected chi connectivity index (χ0v) is 18.8. The standard InChI is InChI=1S/C23H21ClN2O7/c1-30-17-7-4-15(21(12-17)31-2)13-25-23(27)14-5-8-20(22(10-14)32-3)33-19-9-6-16(24)11-18(19)26(28)29/h4-12H,13H2,1-3H3,(H,25,27). The Morgan fingerprint density at radius 3 is 2.30 bits per heavy atom. The van der Waals surface area contributed by atoms with E-state index in [4.69, 9.17) is 30.5 Å². The van der Waals surface area contributed by atoms with Crippen LogP contribution in [0.3, 0.4) is 0 Å². The van der Waals surface area contributed by atoms with Crippen LogP contribution in [-0.2, 0) is 6.54 Å². The third kappa shape index (κ3) is 5.64. The second-order valence-corrected chi connectivity index (χ2v) is 7.13. The first-order valence-corrected chi connectivity index (χ1v) is 10.0. The molecule has 0 aliphatic carbocycles. The van der Waals surface area contributed by atoms with Crippen molar-refractivity contribution >= 4 is 23.2 Å². The van der Waals surface area contributed by atoms with E-state index in [1.807, 2.05) is 0 Å². The Morgan fingerprint density at radius 1 is 0.909 bits per heavy atom. The van der Waals surface area contributed by atoms with E-state index in [-0.39, 0.29) is 40.4 Å². The maximum absolute atomic E-state index is 12.7. The van der Waals surface area contributed by atoms with Gasteiger partial charge in [0.15, 0.2) is 11.5 Å². The molecule has 0 aliphatic rings. The maximum atomic E-state index is 12.7. The second-order valence-electron chi connectivity index (χ2n) is 6.70. The Labute approximate surface area is 194 Å². The zero-order valence-electron chi connectivity index (χ0n) is 18.1. The largest absolute Gasteiger partial charge is 0.497 e. The van der Waals surface area contributed by atoms with Gasteiger partial charge in [-0.05, 0) is 42.5 Å². The van der Waals surface area contributed by atoms with Crippen molar-refractivity contribution < 1.29 is 28.7 Å². The van der Waals surface area contributed by atoms with E-state index in [9.17, 15) is 14.9 Å². The quantitative estimate of drug-likeness (QED) is 0.345. The van der Waals surface area contributed by atoms with Crippen LogP contribution >= 0.6 is 11.6 Å². The van der Waals surface area contributed by atoms with E-state index >= 15 is 0 Å². The Balaban J connectivity index is 1.77. The number of carbonyl (C=O) groups excluding carboxylic acids is 1. The van der Waals surface area contributed by atoms with Crippen molar-refractivity contribution in [1.29, 1.82) is 0 Å². The molecule has 0 heterocycles. The summed E-state index contributed by atoms with van der Waals surface area (Å²) in [6, 6.07) is 13.9. The summed E-state index contributed by atoms with van der Waals surface area (Å²) < 4.78 is 21.5. The molecule has 0 saturated carbocycles. The molecular formula is C23H21ClN2O7. The van der Waals surface area contributed by atoms with Crippen molar-refractivity contribution in [2.75, 3.05) is 21.3 Å². The number of amides is 1. The molecule has 9 nitrogen and oxygen atoms in total. The number of nitrogens with one attached hydrogen (secondary N) is 1. The summed E-state index contributed by atoms with van der Waals surface area (Å²) in [4.78, 5) is 23.4. The number of hydrogen-bond donors (Lipinski definition) is 1. The average molecular weight is 473 g/mol. The first kappa shape index (κ1) is 23.7. The van der Waals surface area contributed by atoms with Crippen molar-refractivity contribution in [3.63, 3.8) is 0 Å². The molecular weight excluding hydrogens is 452 g/mol. The third-order valence-corrected chi connectivity index (χ3v) is 4.93. The number of halogens is 1. The molecule has 0 saturated heterocycles. The molecule has 0 aliphatic heterocycles. The van der Waals surface area contributed by atoms with Crippen LogP contribution in [0, 0.1) is 10.1 Å². The van der Waals surface area contributed by atoms with Gasteiger partial charge in [-0.3, -0.25) is 14.9 Å². The van der Waals surface area contributed by atoms with Gasteiger partial charge < -0.3 is 24.3 Å². The lowest BCUT2D eigenvalue weighted by Crippen LogP contribution is -2.23. The summed E-state index contributed by atoms with van der Waals surface area (Å²) in [6.07, 6.45) is 0. The monoisotopic (exact) mass is 472 g/mol. The van der Waals surface area contributed by atoms with Crippen molar-refractivity contribution in [3.05, 3.63) is 80.9 Å². The Hall–Kier alpha value is -3.98. The summed E-state index contributed by atoms with van der Waals surface area (Å²) in [5, 5.41) is 14.3. The van der Waals surface area contributed by atoms with Gasteiger partial charge in [-0.1, -0.05) is 11.6 Å². The number of nitro benzene ring substituents is 1. The van der Waals surface area contributed by atoms with Crippen molar-refractivity contribution in [1.82, 2.24) is 5.32 Å². The SMILES string of the molecule is COc1ccc(CNC(=O)c2ccc(Oc3ccc(Cl)cc3[N+](=O)[O-])c(OC)c2)c(OC)c1. The van der Waals surface area contributed by atoms with Gasteiger partial charge in [0.05, 0.1) is 26.3 Å². The smallest absolute Gasteiger partial charge is 0.313 e. The fourth-order valence-corrected chi connectivity index (χ4v) is 3.17. The van der Waals surface area contributed by atoms with Crippen LogP contribution in [0.15, 0.2) is 54.6 Å². The fraction of sp³-hybridized carbons (Fsp3) is 0.174. The summed E-state index contributed by atoms with van der Waals surface area (Å²) in [7, 11) is 4.50. The maximum Gasteiger partial charge on any atom is 0.313 e. The number of methoxy groups -OCH3 is 3. The van der Waals surface area contributed by atoms with E-state index in [0.29, 0.717) is 17.1 Å². The number of nitrogens with zero attached hydrogens (tertiary/aromatic N) is 1. The minimum atomic E-state index is -0.594. The van der Waals surface area contributed by atoms with Gasteiger partial charge in [-0.25, -0.2) is 0 Å². The summed E-state index contributed by atoms with van der Waals surface area (Å²) in [6.45, 7) is 0.226. The highest BCUT2D eigenvalue weighted by atomic mass is 35.5. The molecule has 3 aromatic carbocycles. The Morgan fingerprint density at radius 2 is 1.64 bits per heavy atom. The van der Waals surface area contributed by atoms with Gasteiger partial charge >= 0.3 is 5.69 Å². The molecule has 1 N–H and O–H groups in total. The molecule has 1 amide bonds. The summed E-state index contributed by atoms with van der Waals surface area (Å²) in [5.74, 6) is 1.30. The topological polar surface area (TPSA) is 109 Å². The molecule has 3 rings (SSSR count). The number of carbonyl (C=O) groups is 1. The zero-order chi connectivity index (χ0) is 24.0. The highest BCUT2D eigenvalue weighted by molar-refractivity contribution is 6.30.